The molecule has 0 amide bonds. The van der Waals surface area contributed by atoms with Gasteiger partial charge in [0.25, 0.3) is 0 Å². The Morgan fingerprint density at radius 3 is 2.55 bits per heavy atom. The lowest BCUT2D eigenvalue weighted by molar-refractivity contribution is 0.498. The molecule has 1 nitrogen and oxygen atoms in total. The lowest BCUT2D eigenvalue weighted by atomic mass is 10.1. The number of nitrogens with two attached hydrogens (primary N) is 1. The van der Waals surface area contributed by atoms with Crippen LogP contribution in [0.4, 0.5) is 8.78 Å². The summed E-state index contributed by atoms with van der Waals surface area (Å²) in [5, 5.41) is 0. The van der Waals surface area contributed by atoms with Crippen LogP contribution in [0.2, 0.25) is 0 Å². The minimum atomic E-state index is -0.835. The zero-order chi connectivity index (χ0) is 8.43. The van der Waals surface area contributed by atoms with E-state index in [4.69, 9.17) is 5.73 Å². The van der Waals surface area contributed by atoms with Crippen LogP contribution < -0.4 is 5.73 Å². The zero-order valence-corrected chi connectivity index (χ0v) is 6.20. The predicted octanol–water partition coefficient (Wildman–Crippen LogP) is 1.73. The molecule has 0 saturated carbocycles. The molecular weight excluding hydrogens is 148 g/mol. The minimum Gasteiger partial charge on any atom is -0.326 e. The summed E-state index contributed by atoms with van der Waals surface area (Å²) >= 11 is 0. The van der Waals surface area contributed by atoms with Crippen LogP contribution in [-0.2, 0) is 6.54 Å². The summed E-state index contributed by atoms with van der Waals surface area (Å²) in [6.45, 7) is 1.73. The van der Waals surface area contributed by atoms with Crippen LogP contribution in [0.15, 0.2) is 12.1 Å². The van der Waals surface area contributed by atoms with Gasteiger partial charge in [-0.1, -0.05) is 6.07 Å². The first-order valence-electron chi connectivity index (χ1n) is 3.29. The van der Waals surface area contributed by atoms with E-state index in [0.29, 0.717) is 5.56 Å². The van der Waals surface area contributed by atoms with Crippen molar-refractivity contribution in [3.8, 4) is 0 Å². The molecular formula is C8H9F2N. The molecule has 2 N–H and O–H groups in total. The number of aryl methyl sites for hydroxylation is 1. The van der Waals surface area contributed by atoms with E-state index in [1.54, 1.807) is 13.0 Å². The van der Waals surface area contributed by atoms with Crippen molar-refractivity contribution in [2.24, 2.45) is 5.73 Å². The van der Waals surface area contributed by atoms with Crippen molar-refractivity contribution >= 4 is 0 Å². The second kappa shape index (κ2) is 2.96. The van der Waals surface area contributed by atoms with Gasteiger partial charge in [-0.25, -0.2) is 8.78 Å². The first-order chi connectivity index (χ1) is 5.15. The van der Waals surface area contributed by atoms with Crippen molar-refractivity contribution in [2.45, 2.75) is 13.5 Å². The third-order valence-electron chi connectivity index (χ3n) is 1.47. The lowest BCUT2D eigenvalue weighted by Gasteiger charge is -2.01. The highest BCUT2D eigenvalue weighted by Crippen LogP contribution is 2.13. The van der Waals surface area contributed by atoms with Gasteiger partial charge in [0.05, 0.1) is 0 Å². The zero-order valence-electron chi connectivity index (χ0n) is 6.20. The summed E-state index contributed by atoms with van der Waals surface area (Å²) in [7, 11) is 0. The Morgan fingerprint density at radius 1 is 1.36 bits per heavy atom. The van der Waals surface area contributed by atoms with E-state index in [1.807, 2.05) is 0 Å². The summed E-state index contributed by atoms with van der Waals surface area (Å²) in [5.74, 6) is -1.66. The summed E-state index contributed by atoms with van der Waals surface area (Å²) in [4.78, 5) is 0. The Bertz CT molecular complexity index is 271. The predicted molar refractivity (Wildman–Crippen MR) is 39.0 cm³/mol. The maximum atomic E-state index is 12.7. The summed E-state index contributed by atoms with van der Waals surface area (Å²) in [6, 6.07) is 2.69. The van der Waals surface area contributed by atoms with E-state index >= 15 is 0 Å². The van der Waals surface area contributed by atoms with Gasteiger partial charge in [-0.2, -0.15) is 0 Å². The molecule has 0 atom stereocenters. The molecule has 0 fully saturated rings. The van der Waals surface area contributed by atoms with Gasteiger partial charge in [0.1, 0.15) is 0 Å². The topological polar surface area (TPSA) is 26.0 Å². The number of hydrogen-bond acceptors (Lipinski definition) is 1. The molecule has 0 bridgehead atoms. The fourth-order valence-corrected chi connectivity index (χ4v) is 0.945. The van der Waals surface area contributed by atoms with Gasteiger partial charge in [-0.05, 0) is 18.6 Å². The summed E-state index contributed by atoms with van der Waals surface area (Å²) in [5.41, 5.74) is 6.09. The largest absolute Gasteiger partial charge is 0.326 e. The van der Waals surface area contributed by atoms with E-state index in [0.717, 1.165) is 6.07 Å². The van der Waals surface area contributed by atoms with Gasteiger partial charge in [0.2, 0.25) is 0 Å². The minimum absolute atomic E-state index is 0.0322. The van der Waals surface area contributed by atoms with Gasteiger partial charge in [0.15, 0.2) is 11.6 Å². The third-order valence-corrected chi connectivity index (χ3v) is 1.47. The van der Waals surface area contributed by atoms with Crippen LogP contribution in [-0.4, -0.2) is 0 Å². The highest BCUT2D eigenvalue weighted by Gasteiger charge is 2.06. The molecule has 0 unspecified atom stereocenters. The van der Waals surface area contributed by atoms with E-state index < -0.39 is 11.6 Å². The van der Waals surface area contributed by atoms with Crippen molar-refractivity contribution in [1.82, 2.24) is 0 Å². The van der Waals surface area contributed by atoms with Gasteiger partial charge in [-0.15, -0.1) is 0 Å². The fourth-order valence-electron chi connectivity index (χ4n) is 0.945. The quantitative estimate of drug-likeness (QED) is 0.660. The molecule has 0 radical (unpaired) electrons. The first kappa shape index (κ1) is 8.14. The second-order valence-electron chi connectivity index (χ2n) is 2.42. The monoisotopic (exact) mass is 157 g/mol. The van der Waals surface area contributed by atoms with Crippen molar-refractivity contribution < 1.29 is 8.78 Å². The molecule has 0 aromatic heterocycles. The maximum Gasteiger partial charge on any atom is 0.163 e. The molecule has 0 aliphatic rings. The highest BCUT2D eigenvalue weighted by atomic mass is 19.2. The van der Waals surface area contributed by atoms with Gasteiger partial charge in [-0.3, -0.25) is 0 Å². The van der Waals surface area contributed by atoms with E-state index in [9.17, 15) is 8.78 Å². The number of rotatable bonds is 1. The Morgan fingerprint density at radius 2 is 2.00 bits per heavy atom. The van der Waals surface area contributed by atoms with Crippen LogP contribution in [0, 0.1) is 18.6 Å². The SMILES string of the molecule is Cc1cc(F)c(F)c(CN)c1. The van der Waals surface area contributed by atoms with Crippen LogP contribution in [0.5, 0.6) is 0 Å². The third kappa shape index (κ3) is 1.54. The van der Waals surface area contributed by atoms with Crippen molar-refractivity contribution in [1.29, 1.82) is 0 Å². The molecule has 3 heteroatoms. The van der Waals surface area contributed by atoms with E-state index in [2.05, 4.69) is 0 Å². The average molecular weight is 157 g/mol. The standard InChI is InChI=1S/C8H9F2N/c1-5-2-6(4-11)8(10)7(9)3-5/h2-3H,4,11H2,1H3. The average Bonchev–Trinajstić information content (AvgIpc) is 1.96. The summed E-state index contributed by atoms with van der Waals surface area (Å²) < 4.78 is 25.3. The number of halogens is 2. The van der Waals surface area contributed by atoms with Gasteiger partial charge >= 0.3 is 0 Å². The molecule has 1 aromatic carbocycles. The van der Waals surface area contributed by atoms with E-state index in [1.165, 1.54) is 0 Å². The molecule has 0 heterocycles. The molecule has 11 heavy (non-hydrogen) atoms. The number of hydrogen-bond donors (Lipinski definition) is 1. The molecule has 0 spiro atoms. The van der Waals surface area contributed by atoms with Gasteiger partial charge < -0.3 is 5.73 Å². The molecule has 0 aliphatic carbocycles. The van der Waals surface area contributed by atoms with Crippen LogP contribution in [0.1, 0.15) is 11.1 Å². The lowest BCUT2D eigenvalue weighted by Crippen LogP contribution is -2.02. The normalized spacial score (nSPS) is 10.2. The molecule has 1 rings (SSSR count). The molecule has 0 aliphatic heterocycles. The Hall–Kier alpha value is -0.960. The van der Waals surface area contributed by atoms with Crippen LogP contribution in [0.25, 0.3) is 0 Å². The molecule has 60 valence electrons. The van der Waals surface area contributed by atoms with Crippen molar-refractivity contribution in [3.63, 3.8) is 0 Å². The maximum absolute atomic E-state index is 12.7. The van der Waals surface area contributed by atoms with Crippen molar-refractivity contribution in [2.75, 3.05) is 0 Å². The Balaban J connectivity index is 3.24. The summed E-state index contributed by atoms with van der Waals surface area (Å²) in [6.07, 6.45) is 0. The fraction of sp³-hybridized carbons (Fsp3) is 0.250. The van der Waals surface area contributed by atoms with Crippen LogP contribution >= 0.6 is 0 Å². The van der Waals surface area contributed by atoms with Crippen molar-refractivity contribution in [3.05, 3.63) is 34.9 Å². The highest BCUT2D eigenvalue weighted by molar-refractivity contribution is 5.25. The Labute approximate surface area is 63.8 Å². The smallest absolute Gasteiger partial charge is 0.163 e. The second-order valence-corrected chi connectivity index (χ2v) is 2.42. The van der Waals surface area contributed by atoms with Gasteiger partial charge in [0, 0.05) is 12.1 Å². The van der Waals surface area contributed by atoms with Crippen LogP contribution in [0.3, 0.4) is 0 Å². The van der Waals surface area contributed by atoms with E-state index in [-0.39, 0.29) is 12.1 Å². The number of benzene rings is 1. The molecule has 0 saturated heterocycles. The molecule has 1 aromatic rings. The Kier molecular flexibility index (Phi) is 2.19. The first-order valence-corrected chi connectivity index (χ1v) is 3.29.